The van der Waals surface area contributed by atoms with Gasteiger partial charge in [-0.2, -0.15) is 5.26 Å². The molecule has 0 aliphatic carbocycles. The van der Waals surface area contributed by atoms with E-state index in [1.807, 2.05) is 54.3 Å². The highest BCUT2D eigenvalue weighted by atomic mass is 35.5. The van der Waals surface area contributed by atoms with E-state index in [4.69, 9.17) is 11.6 Å². The summed E-state index contributed by atoms with van der Waals surface area (Å²) in [6.45, 7) is 4.52. The summed E-state index contributed by atoms with van der Waals surface area (Å²) in [5.74, 6) is 0.0471. The van der Waals surface area contributed by atoms with Crippen LogP contribution < -0.4 is 0 Å². The highest BCUT2D eigenvalue weighted by Crippen LogP contribution is 2.28. The van der Waals surface area contributed by atoms with Crippen LogP contribution >= 0.6 is 11.6 Å². The van der Waals surface area contributed by atoms with Gasteiger partial charge < -0.3 is 4.90 Å². The summed E-state index contributed by atoms with van der Waals surface area (Å²) in [5.41, 5.74) is 2.67. The highest BCUT2D eigenvalue weighted by molar-refractivity contribution is 6.31. The monoisotopic (exact) mass is 353 g/mol. The molecule has 1 fully saturated rings. The number of piperazine rings is 1. The van der Waals surface area contributed by atoms with Crippen molar-refractivity contribution in [3.63, 3.8) is 0 Å². The first-order valence-corrected chi connectivity index (χ1v) is 8.72. The van der Waals surface area contributed by atoms with Gasteiger partial charge in [0.15, 0.2) is 0 Å². The van der Waals surface area contributed by atoms with Crippen LogP contribution in [0.1, 0.15) is 27.5 Å². The Balaban J connectivity index is 1.67. The number of nitriles is 1. The summed E-state index contributed by atoms with van der Waals surface area (Å²) in [6, 6.07) is 17.0. The molecule has 0 bridgehead atoms. The van der Waals surface area contributed by atoms with Crippen molar-refractivity contribution in [2.45, 2.75) is 13.0 Å². The molecule has 4 nitrogen and oxygen atoms in total. The van der Waals surface area contributed by atoms with Crippen molar-refractivity contribution < 1.29 is 4.79 Å². The van der Waals surface area contributed by atoms with Crippen LogP contribution in [0.5, 0.6) is 0 Å². The molecule has 5 heteroatoms. The van der Waals surface area contributed by atoms with Gasteiger partial charge in [-0.15, -0.1) is 0 Å². The maximum atomic E-state index is 12.6. The predicted octanol–water partition coefficient (Wildman–Crippen LogP) is 3.67. The summed E-state index contributed by atoms with van der Waals surface area (Å²) in [4.78, 5) is 16.5. The molecular weight excluding hydrogens is 334 g/mol. The molecule has 0 radical (unpaired) electrons. The molecule has 1 unspecified atom stereocenters. The van der Waals surface area contributed by atoms with E-state index in [-0.39, 0.29) is 11.9 Å². The molecule has 2 aromatic carbocycles. The fourth-order valence-electron chi connectivity index (χ4n) is 3.11. The van der Waals surface area contributed by atoms with Crippen molar-refractivity contribution in [2.75, 3.05) is 26.2 Å². The minimum atomic E-state index is -0.384. The van der Waals surface area contributed by atoms with Gasteiger partial charge in [-0.25, -0.2) is 0 Å². The zero-order chi connectivity index (χ0) is 17.8. The average Bonchev–Trinajstić information content (AvgIpc) is 2.64. The Morgan fingerprint density at radius 2 is 1.72 bits per heavy atom. The number of hydrogen-bond donors (Lipinski definition) is 0. The molecule has 1 saturated heterocycles. The lowest BCUT2D eigenvalue weighted by molar-refractivity contribution is 0.0606. The summed E-state index contributed by atoms with van der Waals surface area (Å²) in [6.07, 6.45) is 0. The van der Waals surface area contributed by atoms with E-state index in [0.29, 0.717) is 36.8 Å². The predicted molar refractivity (Wildman–Crippen MR) is 98.5 cm³/mol. The Bertz CT molecular complexity index is 789. The number of aryl methyl sites for hydroxylation is 1. The van der Waals surface area contributed by atoms with Crippen LogP contribution in [0.4, 0.5) is 0 Å². The number of rotatable bonds is 3. The molecule has 1 atom stereocenters. The molecule has 0 aromatic heterocycles. The van der Waals surface area contributed by atoms with Crippen LogP contribution in [0.3, 0.4) is 0 Å². The Kier molecular flexibility index (Phi) is 5.37. The minimum Gasteiger partial charge on any atom is -0.336 e. The van der Waals surface area contributed by atoms with E-state index >= 15 is 0 Å². The van der Waals surface area contributed by atoms with Gasteiger partial charge in [0.2, 0.25) is 0 Å². The smallest absolute Gasteiger partial charge is 0.253 e. The van der Waals surface area contributed by atoms with Gasteiger partial charge in [0.1, 0.15) is 6.04 Å². The number of carbonyl (C=O) groups excluding carboxylic acids is 1. The van der Waals surface area contributed by atoms with Gasteiger partial charge in [-0.1, -0.05) is 47.5 Å². The van der Waals surface area contributed by atoms with Crippen molar-refractivity contribution in [1.82, 2.24) is 9.80 Å². The van der Waals surface area contributed by atoms with Crippen LogP contribution in [0.2, 0.25) is 5.02 Å². The molecule has 0 saturated carbocycles. The molecule has 128 valence electrons. The molecule has 0 spiro atoms. The fourth-order valence-corrected chi connectivity index (χ4v) is 3.35. The van der Waals surface area contributed by atoms with Gasteiger partial charge in [0.25, 0.3) is 5.91 Å². The summed E-state index contributed by atoms with van der Waals surface area (Å²) < 4.78 is 0. The highest BCUT2D eigenvalue weighted by Gasteiger charge is 2.28. The van der Waals surface area contributed by atoms with Gasteiger partial charge >= 0.3 is 0 Å². The standard InChI is InChI=1S/C20H20ClN3O/c1-15-6-8-16(9-7-15)20(25)24-12-10-23(11-13-24)19(14-22)17-4-2-3-5-18(17)21/h2-9,19H,10-13H2,1H3. The maximum Gasteiger partial charge on any atom is 0.253 e. The van der Waals surface area contributed by atoms with Crippen LogP contribution in [-0.2, 0) is 0 Å². The van der Waals surface area contributed by atoms with Gasteiger partial charge in [-0.05, 0) is 25.1 Å². The Morgan fingerprint density at radius 3 is 2.32 bits per heavy atom. The van der Waals surface area contributed by atoms with Crippen molar-refractivity contribution in [3.05, 3.63) is 70.2 Å². The third-order valence-corrected chi connectivity index (χ3v) is 4.93. The number of halogens is 1. The fraction of sp³-hybridized carbons (Fsp3) is 0.300. The van der Waals surface area contributed by atoms with Crippen molar-refractivity contribution in [2.24, 2.45) is 0 Å². The van der Waals surface area contributed by atoms with Gasteiger partial charge in [-0.3, -0.25) is 9.69 Å². The van der Waals surface area contributed by atoms with E-state index in [1.54, 1.807) is 6.07 Å². The molecule has 2 aromatic rings. The van der Waals surface area contributed by atoms with Crippen molar-refractivity contribution >= 4 is 17.5 Å². The molecule has 1 aliphatic heterocycles. The summed E-state index contributed by atoms with van der Waals surface area (Å²) in [7, 11) is 0. The lowest BCUT2D eigenvalue weighted by atomic mass is 10.1. The molecule has 25 heavy (non-hydrogen) atoms. The first-order valence-electron chi connectivity index (χ1n) is 8.34. The SMILES string of the molecule is Cc1ccc(C(=O)N2CCN(C(C#N)c3ccccc3Cl)CC2)cc1. The largest absolute Gasteiger partial charge is 0.336 e. The molecular formula is C20H20ClN3O. The average molecular weight is 354 g/mol. The first kappa shape index (κ1) is 17.5. The van der Waals surface area contributed by atoms with Gasteiger partial charge in [0.05, 0.1) is 6.07 Å². The number of nitrogens with zero attached hydrogens (tertiary/aromatic N) is 3. The lowest BCUT2D eigenvalue weighted by Gasteiger charge is -2.37. The second-order valence-corrected chi connectivity index (χ2v) is 6.65. The second kappa shape index (κ2) is 7.69. The number of benzene rings is 2. The molecule has 0 N–H and O–H groups in total. The third kappa shape index (κ3) is 3.84. The number of hydrogen-bond acceptors (Lipinski definition) is 3. The molecule has 1 heterocycles. The first-order chi connectivity index (χ1) is 12.1. The topological polar surface area (TPSA) is 47.3 Å². The van der Waals surface area contributed by atoms with Crippen molar-refractivity contribution in [3.8, 4) is 6.07 Å². The van der Waals surface area contributed by atoms with Crippen molar-refractivity contribution in [1.29, 1.82) is 5.26 Å². The van der Waals surface area contributed by atoms with E-state index in [9.17, 15) is 10.1 Å². The summed E-state index contributed by atoms with van der Waals surface area (Å²) in [5, 5.41) is 10.2. The normalized spacial score (nSPS) is 16.3. The Labute approximate surface area is 153 Å². The molecule has 3 rings (SSSR count). The van der Waals surface area contributed by atoms with Crippen LogP contribution in [0, 0.1) is 18.3 Å². The lowest BCUT2D eigenvalue weighted by Crippen LogP contribution is -2.49. The van der Waals surface area contributed by atoms with E-state index in [0.717, 1.165) is 11.1 Å². The van der Waals surface area contributed by atoms with Crippen LogP contribution in [-0.4, -0.2) is 41.9 Å². The third-order valence-electron chi connectivity index (χ3n) is 4.59. The zero-order valence-corrected chi connectivity index (χ0v) is 14.9. The van der Waals surface area contributed by atoms with Crippen LogP contribution in [0.15, 0.2) is 48.5 Å². The minimum absolute atomic E-state index is 0.0471. The zero-order valence-electron chi connectivity index (χ0n) is 14.2. The number of amides is 1. The Hall–Kier alpha value is -2.35. The number of carbonyl (C=O) groups is 1. The van der Waals surface area contributed by atoms with E-state index in [1.165, 1.54) is 0 Å². The summed E-state index contributed by atoms with van der Waals surface area (Å²) >= 11 is 6.25. The Morgan fingerprint density at radius 1 is 1.08 bits per heavy atom. The van der Waals surface area contributed by atoms with E-state index in [2.05, 4.69) is 11.0 Å². The molecule has 1 amide bonds. The van der Waals surface area contributed by atoms with Crippen LogP contribution in [0.25, 0.3) is 0 Å². The van der Waals surface area contributed by atoms with E-state index < -0.39 is 0 Å². The quantitative estimate of drug-likeness (QED) is 0.845. The molecule has 1 aliphatic rings. The second-order valence-electron chi connectivity index (χ2n) is 6.25. The van der Waals surface area contributed by atoms with Gasteiger partial charge in [0, 0.05) is 42.3 Å². The maximum absolute atomic E-state index is 12.6.